The van der Waals surface area contributed by atoms with Crippen LogP contribution in [0.25, 0.3) is 11.1 Å². The van der Waals surface area contributed by atoms with Gasteiger partial charge in [0.15, 0.2) is 0 Å². The minimum atomic E-state index is -0.601. The third-order valence-corrected chi connectivity index (χ3v) is 6.19. The summed E-state index contributed by atoms with van der Waals surface area (Å²) in [7, 11) is 1.68. The Morgan fingerprint density at radius 1 is 0.871 bits per heavy atom. The lowest BCUT2D eigenvalue weighted by Crippen LogP contribution is -2.44. The summed E-state index contributed by atoms with van der Waals surface area (Å²) in [6.45, 7) is 1.06. The molecule has 1 atom stereocenters. The van der Waals surface area contributed by atoms with Crippen molar-refractivity contribution in [3.63, 3.8) is 0 Å². The lowest BCUT2D eigenvalue weighted by atomic mass is 9.79. The number of likely N-dealkylation sites (tertiary alicyclic amines) is 1. The van der Waals surface area contributed by atoms with Crippen molar-refractivity contribution in [2.45, 2.75) is 19.3 Å². The van der Waals surface area contributed by atoms with E-state index >= 15 is 0 Å². The van der Waals surface area contributed by atoms with E-state index in [1.54, 1.807) is 7.05 Å². The zero-order valence-corrected chi connectivity index (χ0v) is 17.9. The van der Waals surface area contributed by atoms with Gasteiger partial charge in [0.1, 0.15) is 0 Å². The number of carbonyl (C=O) groups excluding carboxylic acids is 2. The molecule has 0 saturated carbocycles. The number of nitrogens with zero attached hydrogens (tertiary/aromatic N) is 1. The molecular weight excluding hydrogens is 384 g/mol. The van der Waals surface area contributed by atoms with Crippen molar-refractivity contribution in [2.75, 3.05) is 20.1 Å². The van der Waals surface area contributed by atoms with Crippen molar-refractivity contribution in [3.05, 3.63) is 96.1 Å². The summed E-state index contributed by atoms with van der Waals surface area (Å²) in [6.07, 6.45) is 1.65. The van der Waals surface area contributed by atoms with Crippen LogP contribution < -0.4 is 5.32 Å². The third kappa shape index (κ3) is 4.69. The maximum atomic E-state index is 13.0. The number of amides is 2. The van der Waals surface area contributed by atoms with Gasteiger partial charge in [-0.15, -0.1) is 0 Å². The fraction of sp³-hybridized carbons (Fsp3) is 0.259. The van der Waals surface area contributed by atoms with Crippen LogP contribution in [0.1, 0.15) is 17.5 Å². The summed E-state index contributed by atoms with van der Waals surface area (Å²) in [5, 5.41) is 2.85. The number of hydrogen-bond acceptors (Lipinski definition) is 2. The van der Waals surface area contributed by atoms with Crippen LogP contribution in [0.3, 0.4) is 0 Å². The summed E-state index contributed by atoms with van der Waals surface area (Å²) >= 11 is 0. The summed E-state index contributed by atoms with van der Waals surface area (Å²) in [5.74, 6) is 0.0858. The summed E-state index contributed by atoms with van der Waals surface area (Å²) in [6, 6.07) is 28.4. The van der Waals surface area contributed by atoms with Gasteiger partial charge in [0.05, 0.1) is 11.8 Å². The normalized spacial score (nSPS) is 18.0. The van der Waals surface area contributed by atoms with E-state index in [4.69, 9.17) is 0 Å². The Labute approximate surface area is 183 Å². The van der Waals surface area contributed by atoms with Crippen molar-refractivity contribution < 1.29 is 9.59 Å². The quantitative estimate of drug-likeness (QED) is 0.663. The van der Waals surface area contributed by atoms with Gasteiger partial charge in [0.2, 0.25) is 11.8 Å². The monoisotopic (exact) mass is 412 g/mol. The molecule has 4 heteroatoms. The first kappa shape index (κ1) is 20.9. The molecule has 1 saturated heterocycles. The second kappa shape index (κ2) is 9.17. The first-order valence-corrected chi connectivity index (χ1v) is 10.8. The van der Waals surface area contributed by atoms with Gasteiger partial charge in [0.25, 0.3) is 0 Å². The Bertz CT molecular complexity index is 1050. The molecule has 1 aliphatic rings. The number of rotatable bonds is 6. The highest BCUT2D eigenvalue weighted by molar-refractivity contribution is 5.86. The Hall–Kier alpha value is -3.40. The molecule has 1 N–H and O–H groups in total. The molecule has 0 spiro atoms. The van der Waals surface area contributed by atoms with Crippen LogP contribution in [0, 0.1) is 5.41 Å². The molecule has 0 bridgehead atoms. The molecule has 1 heterocycles. The van der Waals surface area contributed by atoms with Crippen molar-refractivity contribution in [3.8, 4) is 11.1 Å². The van der Waals surface area contributed by atoms with Crippen LogP contribution in [0.15, 0.2) is 84.9 Å². The van der Waals surface area contributed by atoms with E-state index in [2.05, 4.69) is 35.6 Å². The molecule has 1 unspecified atom stereocenters. The Balaban J connectivity index is 1.53. The molecule has 31 heavy (non-hydrogen) atoms. The maximum absolute atomic E-state index is 13.0. The second-order valence-corrected chi connectivity index (χ2v) is 8.33. The molecule has 4 nitrogen and oxygen atoms in total. The van der Waals surface area contributed by atoms with Crippen molar-refractivity contribution in [2.24, 2.45) is 5.41 Å². The van der Waals surface area contributed by atoms with Crippen LogP contribution in [-0.2, 0) is 22.4 Å². The van der Waals surface area contributed by atoms with E-state index in [1.807, 2.05) is 59.5 Å². The fourth-order valence-electron chi connectivity index (χ4n) is 4.52. The summed E-state index contributed by atoms with van der Waals surface area (Å²) < 4.78 is 0. The largest absolute Gasteiger partial charge is 0.359 e. The molecule has 0 radical (unpaired) electrons. The van der Waals surface area contributed by atoms with Gasteiger partial charge < -0.3 is 10.2 Å². The average Bonchev–Trinajstić information content (AvgIpc) is 3.25. The van der Waals surface area contributed by atoms with Crippen LogP contribution >= 0.6 is 0 Å². The van der Waals surface area contributed by atoms with E-state index < -0.39 is 5.41 Å². The fourth-order valence-corrected chi connectivity index (χ4v) is 4.52. The van der Waals surface area contributed by atoms with E-state index in [-0.39, 0.29) is 11.8 Å². The van der Waals surface area contributed by atoms with Gasteiger partial charge >= 0.3 is 0 Å². The molecule has 3 aromatic rings. The van der Waals surface area contributed by atoms with E-state index in [0.717, 1.165) is 22.3 Å². The number of nitrogens with one attached hydrogen (secondary N) is 1. The lowest BCUT2D eigenvalue weighted by molar-refractivity contribution is -0.132. The molecule has 1 fully saturated rings. The maximum Gasteiger partial charge on any atom is 0.228 e. The molecular formula is C27H28N2O2. The lowest BCUT2D eigenvalue weighted by Gasteiger charge is -2.28. The predicted octanol–water partition coefficient (Wildman–Crippen LogP) is 4.10. The first-order chi connectivity index (χ1) is 15.1. The van der Waals surface area contributed by atoms with Crippen LogP contribution in [0.2, 0.25) is 0 Å². The van der Waals surface area contributed by atoms with Gasteiger partial charge in [-0.05, 0) is 35.1 Å². The molecule has 0 aliphatic carbocycles. The second-order valence-electron chi connectivity index (χ2n) is 8.33. The van der Waals surface area contributed by atoms with Gasteiger partial charge in [-0.25, -0.2) is 0 Å². The minimum absolute atomic E-state index is 0.00706. The molecule has 0 aromatic heterocycles. The molecule has 2 amide bonds. The molecule has 1 aliphatic heterocycles. The Morgan fingerprint density at radius 2 is 1.52 bits per heavy atom. The van der Waals surface area contributed by atoms with E-state index in [1.165, 1.54) is 0 Å². The molecule has 3 aromatic carbocycles. The van der Waals surface area contributed by atoms with Crippen LogP contribution in [-0.4, -0.2) is 36.9 Å². The SMILES string of the molecule is CNC(=O)C1(Cc2cccc(-c3ccccc3)c2)CCN(C(=O)Cc2ccccc2)C1. The average molecular weight is 413 g/mol. The van der Waals surface area contributed by atoms with Crippen LogP contribution in [0.5, 0.6) is 0 Å². The first-order valence-electron chi connectivity index (χ1n) is 10.8. The highest BCUT2D eigenvalue weighted by atomic mass is 16.2. The Morgan fingerprint density at radius 3 is 2.23 bits per heavy atom. The van der Waals surface area contributed by atoms with Gasteiger partial charge in [-0.2, -0.15) is 0 Å². The number of carbonyl (C=O) groups is 2. The molecule has 158 valence electrons. The topological polar surface area (TPSA) is 49.4 Å². The van der Waals surface area contributed by atoms with Crippen molar-refractivity contribution in [1.29, 1.82) is 0 Å². The summed E-state index contributed by atoms with van der Waals surface area (Å²) in [4.78, 5) is 27.7. The number of benzene rings is 3. The predicted molar refractivity (Wildman–Crippen MR) is 123 cm³/mol. The smallest absolute Gasteiger partial charge is 0.228 e. The number of hydrogen-bond donors (Lipinski definition) is 1. The highest BCUT2D eigenvalue weighted by Gasteiger charge is 2.45. The highest BCUT2D eigenvalue weighted by Crippen LogP contribution is 2.36. The standard InChI is InChI=1S/C27H28N2O2/c1-28-26(31)27(15-16-29(20-27)25(30)18-21-9-4-2-5-10-21)19-22-11-8-14-24(17-22)23-12-6-3-7-13-23/h2-14,17H,15-16,18-20H2,1H3,(H,28,31). The zero-order valence-electron chi connectivity index (χ0n) is 17.9. The van der Waals surface area contributed by atoms with Crippen LogP contribution in [0.4, 0.5) is 0 Å². The van der Waals surface area contributed by atoms with Gasteiger partial charge in [-0.3, -0.25) is 9.59 Å². The minimum Gasteiger partial charge on any atom is -0.359 e. The van der Waals surface area contributed by atoms with Crippen molar-refractivity contribution >= 4 is 11.8 Å². The van der Waals surface area contributed by atoms with Gasteiger partial charge in [-0.1, -0.05) is 84.9 Å². The summed E-state index contributed by atoms with van der Waals surface area (Å²) in [5.41, 5.74) is 3.81. The third-order valence-electron chi connectivity index (χ3n) is 6.19. The van der Waals surface area contributed by atoms with Crippen molar-refractivity contribution in [1.82, 2.24) is 10.2 Å². The van der Waals surface area contributed by atoms with Gasteiger partial charge in [0, 0.05) is 20.1 Å². The Kier molecular flexibility index (Phi) is 6.17. The molecule has 4 rings (SSSR count). The van der Waals surface area contributed by atoms with E-state index in [9.17, 15) is 9.59 Å². The van der Waals surface area contributed by atoms with E-state index in [0.29, 0.717) is 32.4 Å². The zero-order chi connectivity index (χ0) is 21.7.